The van der Waals surface area contributed by atoms with Crippen LogP contribution in [0, 0.1) is 0 Å². The molecule has 0 bridgehead atoms. The molecule has 1 aromatic rings. The molecule has 2 aliphatic rings. The Labute approximate surface area is 121 Å². The Bertz CT molecular complexity index is 482. The summed E-state index contributed by atoms with van der Waals surface area (Å²) >= 11 is 0. The lowest BCUT2D eigenvalue weighted by Gasteiger charge is -2.32. The minimum atomic E-state index is 0.195. The van der Waals surface area contributed by atoms with Gasteiger partial charge in [-0.05, 0) is 31.0 Å². The third kappa shape index (κ3) is 3.05. The first-order chi connectivity index (χ1) is 9.86. The lowest BCUT2D eigenvalue weighted by atomic mass is 10.1. The van der Waals surface area contributed by atoms with E-state index in [1.165, 1.54) is 17.5 Å². The third-order valence-electron chi connectivity index (χ3n) is 3.98. The van der Waals surface area contributed by atoms with Crippen molar-refractivity contribution in [2.75, 3.05) is 32.8 Å². The summed E-state index contributed by atoms with van der Waals surface area (Å²) in [4.78, 5) is 2.47. The minimum Gasteiger partial charge on any atom is -0.491 e. The molecule has 1 fully saturated rings. The predicted octanol–water partition coefficient (Wildman–Crippen LogP) is 2.75. The second-order valence-electron chi connectivity index (χ2n) is 5.53. The van der Waals surface area contributed by atoms with Crippen molar-refractivity contribution >= 4 is 6.08 Å². The van der Waals surface area contributed by atoms with Crippen molar-refractivity contribution in [1.82, 2.24) is 4.90 Å². The van der Waals surface area contributed by atoms with Crippen molar-refractivity contribution in [1.29, 1.82) is 0 Å². The molecule has 3 nitrogen and oxygen atoms in total. The van der Waals surface area contributed by atoms with E-state index in [1.54, 1.807) is 0 Å². The van der Waals surface area contributed by atoms with E-state index in [1.807, 2.05) is 0 Å². The number of morpholine rings is 1. The predicted molar refractivity (Wildman–Crippen MR) is 81.1 cm³/mol. The van der Waals surface area contributed by atoms with Crippen LogP contribution in [0.2, 0.25) is 0 Å². The number of hydrogen-bond acceptors (Lipinski definition) is 3. The molecule has 108 valence electrons. The molecule has 3 rings (SSSR count). The maximum Gasteiger partial charge on any atom is 0.123 e. The summed E-state index contributed by atoms with van der Waals surface area (Å²) in [6.45, 7) is 6.89. The largest absolute Gasteiger partial charge is 0.491 e. The Morgan fingerprint density at radius 1 is 1.40 bits per heavy atom. The van der Waals surface area contributed by atoms with Gasteiger partial charge in [0.1, 0.15) is 18.5 Å². The molecule has 1 aromatic carbocycles. The number of benzene rings is 1. The van der Waals surface area contributed by atoms with Crippen molar-refractivity contribution < 1.29 is 9.47 Å². The minimum absolute atomic E-state index is 0.195. The number of ether oxygens (including phenoxy) is 2. The Balaban J connectivity index is 1.56. The van der Waals surface area contributed by atoms with Crippen LogP contribution >= 0.6 is 0 Å². The van der Waals surface area contributed by atoms with E-state index >= 15 is 0 Å². The highest BCUT2D eigenvalue weighted by Crippen LogP contribution is 2.29. The number of rotatable bonds is 5. The van der Waals surface area contributed by atoms with Crippen LogP contribution in [-0.4, -0.2) is 43.9 Å². The quantitative estimate of drug-likeness (QED) is 0.823. The van der Waals surface area contributed by atoms with Crippen LogP contribution in [0.25, 0.3) is 6.08 Å². The Morgan fingerprint density at radius 3 is 3.25 bits per heavy atom. The second-order valence-corrected chi connectivity index (χ2v) is 5.53. The van der Waals surface area contributed by atoms with Gasteiger partial charge in [0.2, 0.25) is 0 Å². The van der Waals surface area contributed by atoms with Crippen LogP contribution < -0.4 is 4.74 Å². The molecule has 20 heavy (non-hydrogen) atoms. The summed E-state index contributed by atoms with van der Waals surface area (Å²) in [5.41, 5.74) is 2.60. The van der Waals surface area contributed by atoms with Gasteiger partial charge in [-0.15, -0.1) is 0 Å². The molecule has 1 unspecified atom stereocenters. The van der Waals surface area contributed by atoms with Crippen molar-refractivity contribution in [3.63, 3.8) is 0 Å². The van der Waals surface area contributed by atoms with Crippen molar-refractivity contribution in [2.24, 2.45) is 0 Å². The summed E-state index contributed by atoms with van der Waals surface area (Å²) in [6.07, 6.45) is 6.74. The monoisotopic (exact) mass is 273 g/mol. The van der Waals surface area contributed by atoms with Gasteiger partial charge in [-0.3, -0.25) is 4.90 Å². The molecule has 0 spiro atoms. The van der Waals surface area contributed by atoms with Gasteiger partial charge in [-0.25, -0.2) is 0 Å². The van der Waals surface area contributed by atoms with E-state index in [0.29, 0.717) is 6.61 Å². The molecule has 3 heteroatoms. The summed E-state index contributed by atoms with van der Waals surface area (Å²) < 4.78 is 11.8. The molecule has 1 saturated heterocycles. The summed E-state index contributed by atoms with van der Waals surface area (Å²) in [7, 11) is 0. The van der Waals surface area contributed by atoms with Gasteiger partial charge in [-0.2, -0.15) is 0 Å². The van der Waals surface area contributed by atoms with Gasteiger partial charge < -0.3 is 9.47 Å². The first kappa shape index (κ1) is 13.7. The van der Waals surface area contributed by atoms with Gasteiger partial charge >= 0.3 is 0 Å². The molecular formula is C17H23NO2. The fourth-order valence-corrected chi connectivity index (χ4v) is 2.98. The van der Waals surface area contributed by atoms with Crippen LogP contribution in [0.5, 0.6) is 5.75 Å². The average molecular weight is 273 g/mol. The standard InChI is InChI=1S/C17H23NO2/c1-2-9-18-10-11-19-15(12-18)13-20-17-8-4-6-14-5-3-7-16(14)17/h3-6,8,15H,2,7,9-13H2,1H3. The van der Waals surface area contributed by atoms with E-state index in [9.17, 15) is 0 Å². The zero-order valence-corrected chi connectivity index (χ0v) is 12.2. The molecule has 0 N–H and O–H groups in total. The highest BCUT2D eigenvalue weighted by molar-refractivity contribution is 5.63. The van der Waals surface area contributed by atoms with Gasteiger partial charge in [-0.1, -0.05) is 31.2 Å². The summed E-state index contributed by atoms with van der Waals surface area (Å²) in [5, 5.41) is 0. The lowest BCUT2D eigenvalue weighted by molar-refractivity contribution is -0.0478. The van der Waals surface area contributed by atoms with Crippen molar-refractivity contribution in [2.45, 2.75) is 25.9 Å². The third-order valence-corrected chi connectivity index (χ3v) is 3.98. The highest BCUT2D eigenvalue weighted by atomic mass is 16.5. The van der Waals surface area contributed by atoms with Gasteiger partial charge in [0, 0.05) is 18.7 Å². The first-order valence-corrected chi connectivity index (χ1v) is 7.62. The second kappa shape index (κ2) is 6.42. The average Bonchev–Trinajstić information content (AvgIpc) is 2.95. The molecule has 0 saturated carbocycles. The molecule has 1 aliphatic heterocycles. The van der Waals surface area contributed by atoms with Crippen LogP contribution in [0.15, 0.2) is 24.3 Å². The van der Waals surface area contributed by atoms with E-state index in [0.717, 1.165) is 38.4 Å². The fraction of sp³-hybridized carbons (Fsp3) is 0.529. The number of fused-ring (bicyclic) bond motifs is 1. The summed E-state index contributed by atoms with van der Waals surface area (Å²) in [5.74, 6) is 1.02. The molecule has 0 radical (unpaired) electrons. The van der Waals surface area contributed by atoms with E-state index < -0.39 is 0 Å². The fourth-order valence-electron chi connectivity index (χ4n) is 2.98. The molecule has 1 heterocycles. The Morgan fingerprint density at radius 2 is 2.35 bits per heavy atom. The maximum absolute atomic E-state index is 6.02. The van der Waals surface area contributed by atoms with Crippen molar-refractivity contribution in [3.05, 3.63) is 35.4 Å². The first-order valence-electron chi connectivity index (χ1n) is 7.62. The van der Waals surface area contributed by atoms with Gasteiger partial charge in [0.25, 0.3) is 0 Å². The Hall–Kier alpha value is -1.32. The van der Waals surface area contributed by atoms with E-state index in [-0.39, 0.29) is 6.10 Å². The topological polar surface area (TPSA) is 21.7 Å². The SMILES string of the molecule is CCCN1CCOC(COc2cccc3c2CC=C3)C1. The molecule has 1 aliphatic carbocycles. The van der Waals surface area contributed by atoms with E-state index in [4.69, 9.17) is 9.47 Å². The molecule has 0 aromatic heterocycles. The van der Waals surface area contributed by atoms with Crippen LogP contribution in [0.3, 0.4) is 0 Å². The van der Waals surface area contributed by atoms with Crippen LogP contribution in [-0.2, 0) is 11.2 Å². The Kier molecular flexibility index (Phi) is 4.38. The number of nitrogens with zero attached hydrogens (tertiary/aromatic N) is 1. The van der Waals surface area contributed by atoms with Crippen molar-refractivity contribution in [3.8, 4) is 5.75 Å². The van der Waals surface area contributed by atoms with Crippen LogP contribution in [0.4, 0.5) is 0 Å². The maximum atomic E-state index is 6.02. The number of allylic oxidation sites excluding steroid dienone is 1. The summed E-state index contributed by atoms with van der Waals surface area (Å²) in [6, 6.07) is 6.28. The zero-order valence-electron chi connectivity index (χ0n) is 12.2. The molecule has 1 atom stereocenters. The number of hydrogen-bond donors (Lipinski definition) is 0. The van der Waals surface area contributed by atoms with Gasteiger partial charge in [0.15, 0.2) is 0 Å². The normalized spacial score (nSPS) is 21.9. The zero-order chi connectivity index (χ0) is 13.8. The van der Waals surface area contributed by atoms with Crippen LogP contribution in [0.1, 0.15) is 24.5 Å². The molecular weight excluding hydrogens is 250 g/mol. The smallest absolute Gasteiger partial charge is 0.123 e. The highest BCUT2D eigenvalue weighted by Gasteiger charge is 2.21. The van der Waals surface area contributed by atoms with Gasteiger partial charge in [0.05, 0.1) is 6.61 Å². The lowest BCUT2D eigenvalue weighted by Crippen LogP contribution is -2.45. The van der Waals surface area contributed by atoms with E-state index in [2.05, 4.69) is 42.2 Å². The molecule has 0 amide bonds.